The number of amides is 1. The predicted octanol–water partition coefficient (Wildman–Crippen LogP) is 1.81. The lowest BCUT2D eigenvalue weighted by molar-refractivity contribution is -0.133. The molecule has 3 heterocycles. The van der Waals surface area contributed by atoms with Gasteiger partial charge in [0.05, 0.1) is 11.6 Å². The molecular formula is C18H24N4O2. The minimum absolute atomic E-state index is 0.242. The monoisotopic (exact) mass is 328 g/mol. The first-order chi connectivity index (χ1) is 11.8. The molecule has 1 atom stereocenters. The zero-order chi connectivity index (χ0) is 16.8. The smallest absolute Gasteiger partial charge is 0.222 e. The number of ether oxygens (including phenoxy) is 1. The van der Waals surface area contributed by atoms with Crippen LogP contribution in [-0.2, 0) is 9.53 Å². The predicted molar refractivity (Wildman–Crippen MR) is 90.5 cm³/mol. The molecule has 1 aromatic rings. The van der Waals surface area contributed by atoms with Gasteiger partial charge in [-0.15, -0.1) is 0 Å². The fourth-order valence-corrected chi connectivity index (χ4v) is 3.40. The quantitative estimate of drug-likeness (QED) is 0.846. The molecule has 2 aliphatic heterocycles. The Labute approximate surface area is 143 Å². The van der Waals surface area contributed by atoms with Gasteiger partial charge in [-0.05, 0) is 37.3 Å². The van der Waals surface area contributed by atoms with Crippen molar-refractivity contribution in [3.05, 3.63) is 23.9 Å². The van der Waals surface area contributed by atoms with E-state index in [2.05, 4.69) is 16.0 Å². The number of nitrogens with zero attached hydrogens (tertiary/aromatic N) is 4. The second kappa shape index (κ2) is 8.11. The van der Waals surface area contributed by atoms with Crippen LogP contribution in [0.15, 0.2) is 18.3 Å². The highest BCUT2D eigenvalue weighted by molar-refractivity contribution is 5.76. The summed E-state index contributed by atoms with van der Waals surface area (Å²) in [6.45, 7) is 4.67. The fourth-order valence-electron chi connectivity index (χ4n) is 3.40. The molecule has 0 saturated carbocycles. The van der Waals surface area contributed by atoms with Gasteiger partial charge in [-0.25, -0.2) is 4.98 Å². The van der Waals surface area contributed by atoms with Crippen LogP contribution in [0.1, 0.15) is 31.2 Å². The maximum atomic E-state index is 12.6. The standard InChI is InChI=1S/C18H24N4O2/c19-13-15-4-5-20-17(11-15)21-6-2-7-22(9-8-21)18(23)12-16-3-1-10-24-14-16/h4-5,11,16H,1-3,6-10,12,14H2. The third kappa shape index (κ3) is 4.24. The number of nitriles is 1. The molecule has 2 fully saturated rings. The van der Waals surface area contributed by atoms with E-state index in [4.69, 9.17) is 10.00 Å². The van der Waals surface area contributed by atoms with Crippen LogP contribution in [0.25, 0.3) is 0 Å². The van der Waals surface area contributed by atoms with Crippen LogP contribution in [0.5, 0.6) is 0 Å². The number of carbonyl (C=O) groups is 1. The van der Waals surface area contributed by atoms with Crippen molar-refractivity contribution in [1.82, 2.24) is 9.88 Å². The lowest BCUT2D eigenvalue weighted by Gasteiger charge is -2.26. The second-order valence-corrected chi connectivity index (χ2v) is 6.52. The topological polar surface area (TPSA) is 69.5 Å². The number of anilines is 1. The second-order valence-electron chi connectivity index (χ2n) is 6.52. The fraction of sp³-hybridized carbons (Fsp3) is 0.611. The Morgan fingerprint density at radius 1 is 1.33 bits per heavy atom. The van der Waals surface area contributed by atoms with Gasteiger partial charge in [-0.2, -0.15) is 5.26 Å². The van der Waals surface area contributed by atoms with E-state index in [0.29, 0.717) is 24.4 Å². The Morgan fingerprint density at radius 3 is 3.04 bits per heavy atom. The Balaban J connectivity index is 1.56. The molecular weight excluding hydrogens is 304 g/mol. The lowest BCUT2D eigenvalue weighted by Crippen LogP contribution is -2.37. The highest BCUT2D eigenvalue weighted by Crippen LogP contribution is 2.20. The molecule has 1 aromatic heterocycles. The van der Waals surface area contributed by atoms with E-state index < -0.39 is 0 Å². The third-order valence-corrected chi connectivity index (χ3v) is 4.77. The van der Waals surface area contributed by atoms with E-state index in [1.165, 1.54) is 0 Å². The highest BCUT2D eigenvalue weighted by Gasteiger charge is 2.24. The van der Waals surface area contributed by atoms with Crippen LogP contribution in [-0.4, -0.2) is 55.2 Å². The van der Waals surface area contributed by atoms with Crippen LogP contribution in [0.3, 0.4) is 0 Å². The highest BCUT2D eigenvalue weighted by atomic mass is 16.5. The van der Waals surface area contributed by atoms with Gasteiger partial charge >= 0.3 is 0 Å². The number of hydrogen-bond donors (Lipinski definition) is 0. The molecule has 0 aliphatic carbocycles. The summed E-state index contributed by atoms with van der Waals surface area (Å²) in [4.78, 5) is 21.1. The average molecular weight is 328 g/mol. The zero-order valence-corrected chi connectivity index (χ0v) is 14.0. The van der Waals surface area contributed by atoms with Gasteiger partial charge in [0, 0.05) is 52.0 Å². The summed E-state index contributed by atoms with van der Waals surface area (Å²) < 4.78 is 5.48. The number of pyridine rings is 1. The van der Waals surface area contributed by atoms with Crippen LogP contribution < -0.4 is 4.90 Å². The molecule has 6 nitrogen and oxygen atoms in total. The molecule has 0 N–H and O–H groups in total. The Kier molecular flexibility index (Phi) is 5.65. The summed E-state index contributed by atoms with van der Waals surface area (Å²) in [7, 11) is 0. The van der Waals surface area contributed by atoms with E-state index in [-0.39, 0.29) is 5.91 Å². The van der Waals surface area contributed by atoms with E-state index in [9.17, 15) is 4.79 Å². The molecule has 128 valence electrons. The maximum absolute atomic E-state index is 12.6. The van der Waals surface area contributed by atoms with Crippen molar-refractivity contribution >= 4 is 11.7 Å². The van der Waals surface area contributed by atoms with Crippen LogP contribution in [0, 0.1) is 17.2 Å². The maximum Gasteiger partial charge on any atom is 0.222 e. The molecule has 0 spiro atoms. The summed E-state index contributed by atoms with van der Waals surface area (Å²) in [6.07, 6.45) is 5.35. The Morgan fingerprint density at radius 2 is 2.25 bits per heavy atom. The van der Waals surface area contributed by atoms with E-state index in [0.717, 1.165) is 57.9 Å². The Hall–Kier alpha value is -2.13. The molecule has 0 bridgehead atoms. The lowest BCUT2D eigenvalue weighted by atomic mass is 9.98. The van der Waals surface area contributed by atoms with E-state index in [1.54, 1.807) is 12.3 Å². The summed E-state index contributed by atoms with van der Waals surface area (Å²) in [5, 5.41) is 9.03. The van der Waals surface area contributed by atoms with Gasteiger partial charge in [0.15, 0.2) is 0 Å². The molecule has 6 heteroatoms. The minimum atomic E-state index is 0.242. The zero-order valence-electron chi connectivity index (χ0n) is 14.0. The van der Waals surface area contributed by atoms with Crippen molar-refractivity contribution in [3.63, 3.8) is 0 Å². The number of aromatic nitrogens is 1. The van der Waals surface area contributed by atoms with Crippen molar-refractivity contribution in [3.8, 4) is 6.07 Å². The van der Waals surface area contributed by atoms with Gasteiger partial charge in [-0.1, -0.05) is 0 Å². The summed E-state index contributed by atoms with van der Waals surface area (Å²) in [6, 6.07) is 5.68. The first-order valence-corrected chi connectivity index (χ1v) is 8.73. The van der Waals surface area contributed by atoms with Crippen LogP contribution >= 0.6 is 0 Å². The Bertz CT molecular complexity index is 607. The number of hydrogen-bond acceptors (Lipinski definition) is 5. The number of carbonyl (C=O) groups excluding carboxylic acids is 1. The third-order valence-electron chi connectivity index (χ3n) is 4.77. The molecule has 24 heavy (non-hydrogen) atoms. The van der Waals surface area contributed by atoms with Gasteiger partial charge in [0.2, 0.25) is 5.91 Å². The summed E-state index contributed by atoms with van der Waals surface area (Å²) >= 11 is 0. The van der Waals surface area contributed by atoms with Gasteiger partial charge < -0.3 is 14.5 Å². The first-order valence-electron chi connectivity index (χ1n) is 8.73. The van der Waals surface area contributed by atoms with Crippen LogP contribution in [0.2, 0.25) is 0 Å². The first kappa shape index (κ1) is 16.7. The molecule has 1 amide bonds. The van der Waals surface area contributed by atoms with Gasteiger partial charge in [0.25, 0.3) is 0 Å². The van der Waals surface area contributed by atoms with Gasteiger partial charge in [-0.3, -0.25) is 4.79 Å². The van der Waals surface area contributed by atoms with Crippen molar-refractivity contribution in [2.45, 2.75) is 25.7 Å². The molecule has 1 unspecified atom stereocenters. The minimum Gasteiger partial charge on any atom is -0.381 e. The van der Waals surface area contributed by atoms with E-state index in [1.807, 2.05) is 11.0 Å². The molecule has 2 aliphatic rings. The molecule has 0 radical (unpaired) electrons. The largest absolute Gasteiger partial charge is 0.381 e. The number of rotatable bonds is 3. The van der Waals surface area contributed by atoms with Crippen molar-refractivity contribution in [2.24, 2.45) is 5.92 Å². The summed E-state index contributed by atoms with van der Waals surface area (Å²) in [5.41, 5.74) is 0.620. The van der Waals surface area contributed by atoms with E-state index >= 15 is 0 Å². The van der Waals surface area contributed by atoms with Gasteiger partial charge in [0.1, 0.15) is 5.82 Å². The van der Waals surface area contributed by atoms with Crippen molar-refractivity contribution in [1.29, 1.82) is 5.26 Å². The normalized spacial score (nSPS) is 21.9. The summed E-state index contributed by atoms with van der Waals surface area (Å²) in [5.74, 6) is 1.44. The molecule has 2 saturated heterocycles. The van der Waals surface area contributed by atoms with Crippen molar-refractivity contribution in [2.75, 3.05) is 44.3 Å². The SMILES string of the molecule is N#Cc1ccnc(N2CCCN(C(=O)CC3CCCOC3)CC2)c1. The average Bonchev–Trinajstić information content (AvgIpc) is 2.89. The van der Waals surface area contributed by atoms with Crippen LogP contribution in [0.4, 0.5) is 5.82 Å². The van der Waals surface area contributed by atoms with Crippen molar-refractivity contribution < 1.29 is 9.53 Å². The molecule has 3 rings (SSSR count). The molecule has 0 aromatic carbocycles.